The minimum atomic E-state index is 0.473. The zero-order valence-corrected chi connectivity index (χ0v) is 9.41. The second-order valence-electron chi connectivity index (χ2n) is 3.72. The van der Waals surface area contributed by atoms with E-state index in [1.54, 1.807) is 0 Å². The van der Waals surface area contributed by atoms with Crippen LogP contribution in [0.1, 0.15) is 19.4 Å². The van der Waals surface area contributed by atoms with Gasteiger partial charge >= 0.3 is 0 Å². The standard InChI is InChI=1S/C11H19N3/c1-9(2)14(4)11-10(8-12-3)6-5-7-13-11/h5-7,9,12H,8H2,1-4H3. The molecule has 0 aliphatic rings. The van der Waals surface area contributed by atoms with Gasteiger partial charge in [-0.1, -0.05) is 6.07 Å². The van der Waals surface area contributed by atoms with Gasteiger partial charge in [-0.2, -0.15) is 0 Å². The summed E-state index contributed by atoms with van der Waals surface area (Å²) in [7, 11) is 4.03. The molecule has 3 heteroatoms. The topological polar surface area (TPSA) is 28.2 Å². The van der Waals surface area contributed by atoms with Crippen molar-refractivity contribution in [2.45, 2.75) is 26.4 Å². The first kappa shape index (κ1) is 11.0. The lowest BCUT2D eigenvalue weighted by Crippen LogP contribution is -2.28. The van der Waals surface area contributed by atoms with Crippen molar-refractivity contribution >= 4 is 5.82 Å². The Balaban J connectivity index is 2.94. The summed E-state index contributed by atoms with van der Waals surface area (Å²) in [6.07, 6.45) is 1.84. The third-order valence-electron chi connectivity index (χ3n) is 2.34. The molecule has 78 valence electrons. The number of anilines is 1. The van der Waals surface area contributed by atoms with Crippen molar-refractivity contribution in [2.24, 2.45) is 0 Å². The number of nitrogens with zero attached hydrogens (tertiary/aromatic N) is 2. The van der Waals surface area contributed by atoms with Gasteiger partial charge in [0, 0.05) is 31.4 Å². The van der Waals surface area contributed by atoms with E-state index in [1.807, 2.05) is 19.3 Å². The van der Waals surface area contributed by atoms with Crippen LogP contribution in [-0.2, 0) is 6.54 Å². The number of pyridine rings is 1. The Hall–Kier alpha value is -1.09. The molecule has 1 aromatic rings. The van der Waals surface area contributed by atoms with E-state index >= 15 is 0 Å². The summed E-state index contributed by atoms with van der Waals surface area (Å²) in [5, 5.41) is 3.15. The summed E-state index contributed by atoms with van der Waals surface area (Å²) in [5.41, 5.74) is 1.24. The SMILES string of the molecule is CNCc1cccnc1N(C)C(C)C. The Morgan fingerprint density at radius 3 is 2.79 bits per heavy atom. The third kappa shape index (κ3) is 2.45. The van der Waals surface area contributed by atoms with Crippen LogP contribution in [0.4, 0.5) is 5.82 Å². The van der Waals surface area contributed by atoms with Gasteiger partial charge in [0.25, 0.3) is 0 Å². The fourth-order valence-corrected chi connectivity index (χ4v) is 1.32. The average molecular weight is 193 g/mol. The quantitative estimate of drug-likeness (QED) is 0.788. The van der Waals surface area contributed by atoms with Crippen molar-refractivity contribution in [3.8, 4) is 0 Å². The van der Waals surface area contributed by atoms with Crippen LogP contribution in [-0.4, -0.2) is 25.1 Å². The van der Waals surface area contributed by atoms with Crippen molar-refractivity contribution in [2.75, 3.05) is 19.0 Å². The fraction of sp³-hybridized carbons (Fsp3) is 0.545. The molecule has 0 unspecified atom stereocenters. The number of nitrogens with one attached hydrogen (secondary N) is 1. The second kappa shape index (κ2) is 4.96. The molecule has 1 N–H and O–H groups in total. The smallest absolute Gasteiger partial charge is 0.132 e. The summed E-state index contributed by atoms with van der Waals surface area (Å²) >= 11 is 0. The molecule has 0 saturated carbocycles. The predicted octanol–water partition coefficient (Wildman–Crippen LogP) is 1.65. The van der Waals surface area contributed by atoms with Crippen molar-refractivity contribution in [3.63, 3.8) is 0 Å². The van der Waals surface area contributed by atoms with E-state index in [1.165, 1.54) is 5.56 Å². The van der Waals surface area contributed by atoms with Crippen LogP contribution in [0, 0.1) is 0 Å². The molecule has 14 heavy (non-hydrogen) atoms. The normalized spacial score (nSPS) is 10.6. The number of hydrogen-bond acceptors (Lipinski definition) is 3. The molecule has 0 bridgehead atoms. The van der Waals surface area contributed by atoms with E-state index in [2.05, 4.69) is 42.2 Å². The molecule has 0 spiro atoms. The summed E-state index contributed by atoms with van der Waals surface area (Å²) < 4.78 is 0. The van der Waals surface area contributed by atoms with Crippen LogP contribution in [0.2, 0.25) is 0 Å². The maximum atomic E-state index is 4.40. The molecular weight excluding hydrogens is 174 g/mol. The van der Waals surface area contributed by atoms with Gasteiger partial charge in [0.15, 0.2) is 0 Å². The molecule has 0 saturated heterocycles. The first-order valence-corrected chi connectivity index (χ1v) is 4.98. The van der Waals surface area contributed by atoms with Gasteiger partial charge in [0.2, 0.25) is 0 Å². The largest absolute Gasteiger partial charge is 0.357 e. The molecule has 0 radical (unpaired) electrons. The highest BCUT2D eigenvalue weighted by molar-refractivity contribution is 5.46. The molecule has 0 amide bonds. The highest BCUT2D eigenvalue weighted by Crippen LogP contribution is 2.17. The Morgan fingerprint density at radius 2 is 2.21 bits per heavy atom. The molecule has 1 aromatic heterocycles. The predicted molar refractivity (Wildman–Crippen MR) is 60.5 cm³/mol. The molecule has 0 aliphatic carbocycles. The maximum absolute atomic E-state index is 4.40. The van der Waals surface area contributed by atoms with Crippen LogP contribution in [0.3, 0.4) is 0 Å². The summed E-state index contributed by atoms with van der Waals surface area (Å²) in [6.45, 7) is 5.19. The molecule has 0 aromatic carbocycles. The monoisotopic (exact) mass is 193 g/mol. The van der Waals surface area contributed by atoms with E-state index in [4.69, 9.17) is 0 Å². The van der Waals surface area contributed by atoms with Crippen LogP contribution in [0.25, 0.3) is 0 Å². The van der Waals surface area contributed by atoms with E-state index in [0.29, 0.717) is 6.04 Å². The Morgan fingerprint density at radius 1 is 1.50 bits per heavy atom. The summed E-state index contributed by atoms with van der Waals surface area (Å²) in [4.78, 5) is 6.59. The lowest BCUT2D eigenvalue weighted by molar-refractivity contribution is 0.726. The first-order chi connectivity index (χ1) is 6.66. The lowest BCUT2D eigenvalue weighted by Gasteiger charge is -2.24. The van der Waals surface area contributed by atoms with Crippen LogP contribution in [0.5, 0.6) is 0 Å². The molecule has 0 fully saturated rings. The molecule has 0 aliphatic heterocycles. The summed E-state index contributed by atoms with van der Waals surface area (Å²) in [6, 6.07) is 4.56. The van der Waals surface area contributed by atoms with Crippen LogP contribution < -0.4 is 10.2 Å². The minimum Gasteiger partial charge on any atom is -0.357 e. The second-order valence-corrected chi connectivity index (χ2v) is 3.72. The van der Waals surface area contributed by atoms with Gasteiger partial charge in [-0.15, -0.1) is 0 Å². The maximum Gasteiger partial charge on any atom is 0.132 e. The van der Waals surface area contributed by atoms with E-state index in [-0.39, 0.29) is 0 Å². The molecule has 3 nitrogen and oxygen atoms in total. The zero-order chi connectivity index (χ0) is 10.6. The van der Waals surface area contributed by atoms with Gasteiger partial charge in [-0.3, -0.25) is 0 Å². The van der Waals surface area contributed by atoms with E-state index in [9.17, 15) is 0 Å². The number of aromatic nitrogens is 1. The van der Waals surface area contributed by atoms with Crippen molar-refractivity contribution < 1.29 is 0 Å². The minimum absolute atomic E-state index is 0.473. The van der Waals surface area contributed by atoms with Gasteiger partial charge in [0.1, 0.15) is 5.82 Å². The van der Waals surface area contributed by atoms with Crippen molar-refractivity contribution in [1.29, 1.82) is 0 Å². The highest BCUT2D eigenvalue weighted by atomic mass is 15.2. The third-order valence-corrected chi connectivity index (χ3v) is 2.34. The molecule has 1 heterocycles. The number of rotatable bonds is 4. The van der Waals surface area contributed by atoms with Crippen molar-refractivity contribution in [3.05, 3.63) is 23.9 Å². The summed E-state index contributed by atoms with van der Waals surface area (Å²) in [5.74, 6) is 1.07. The van der Waals surface area contributed by atoms with Gasteiger partial charge < -0.3 is 10.2 Å². The van der Waals surface area contributed by atoms with Crippen molar-refractivity contribution in [1.82, 2.24) is 10.3 Å². The molecule has 0 atom stereocenters. The molecular formula is C11H19N3. The van der Waals surface area contributed by atoms with Gasteiger partial charge in [-0.25, -0.2) is 4.98 Å². The highest BCUT2D eigenvalue weighted by Gasteiger charge is 2.09. The van der Waals surface area contributed by atoms with Gasteiger partial charge in [0.05, 0.1) is 0 Å². The Labute approximate surface area is 86.2 Å². The zero-order valence-electron chi connectivity index (χ0n) is 9.41. The van der Waals surface area contributed by atoms with Crippen LogP contribution in [0.15, 0.2) is 18.3 Å². The lowest BCUT2D eigenvalue weighted by atomic mass is 10.2. The number of hydrogen-bond donors (Lipinski definition) is 1. The molecule has 1 rings (SSSR count). The average Bonchev–Trinajstić information content (AvgIpc) is 2.18. The first-order valence-electron chi connectivity index (χ1n) is 4.98. The fourth-order valence-electron chi connectivity index (χ4n) is 1.32. The Kier molecular flexibility index (Phi) is 3.89. The Bertz CT molecular complexity index is 284. The van der Waals surface area contributed by atoms with E-state index in [0.717, 1.165) is 12.4 Å². The van der Waals surface area contributed by atoms with E-state index < -0.39 is 0 Å². The van der Waals surface area contributed by atoms with Crippen LogP contribution >= 0.6 is 0 Å². The van der Waals surface area contributed by atoms with Gasteiger partial charge in [-0.05, 0) is 27.0 Å².